The van der Waals surface area contributed by atoms with Crippen LogP contribution in [0, 0.1) is 45.3 Å². The Morgan fingerprint density at radius 3 is 1.39 bits per heavy atom. The number of rotatable bonds is 3. The topological polar surface area (TPSA) is 105 Å². The number of para-hydroxylation sites is 3. The van der Waals surface area contributed by atoms with Crippen LogP contribution in [-0.2, 0) is 0 Å². The Hall–Kier alpha value is -7.12. The molecule has 6 aromatic carbocycles. The predicted octanol–water partition coefficient (Wildman–Crippen LogP) is 9.03. The highest BCUT2D eigenvalue weighted by molar-refractivity contribution is 6.13. The first-order valence-electron chi connectivity index (χ1n) is 14.6. The molecule has 8 rings (SSSR count). The van der Waals surface area contributed by atoms with Crippen molar-refractivity contribution in [2.45, 2.75) is 0 Å². The fourth-order valence-electron chi connectivity index (χ4n) is 6.66. The molecule has 0 unspecified atom stereocenters. The van der Waals surface area contributed by atoms with Crippen LogP contribution in [0.1, 0.15) is 22.3 Å². The maximum atomic E-state index is 9.96. The Kier molecular flexibility index (Phi) is 5.91. The number of nitriles is 4. The molecule has 0 aliphatic heterocycles. The standard InChI is InChI=1S/C40H20N6/c41-21-25-16-26(22-42)18-31(17-25)45-36-10-3-1-8-32(36)34-19-27(12-14-38(34)45)28-13-15-39-35(20-28)33-9-2-4-11-37(33)46(39)40-29(23-43)6-5-7-30(40)24-44/h1-20H. The summed E-state index contributed by atoms with van der Waals surface area (Å²) in [6.07, 6.45) is 0. The molecule has 0 saturated heterocycles. The van der Waals surface area contributed by atoms with Gasteiger partial charge in [-0.15, -0.1) is 0 Å². The van der Waals surface area contributed by atoms with E-state index in [2.05, 4.69) is 83.4 Å². The predicted molar refractivity (Wildman–Crippen MR) is 179 cm³/mol. The molecule has 0 aliphatic carbocycles. The number of hydrogen-bond donors (Lipinski definition) is 0. The molecule has 0 radical (unpaired) electrons. The molecule has 0 aliphatic rings. The molecule has 8 aromatic rings. The lowest BCUT2D eigenvalue weighted by atomic mass is 10.0. The van der Waals surface area contributed by atoms with Crippen LogP contribution >= 0.6 is 0 Å². The van der Waals surface area contributed by atoms with Gasteiger partial charge in [-0.25, -0.2) is 0 Å². The number of aromatic nitrogens is 2. The van der Waals surface area contributed by atoms with Crippen LogP contribution in [-0.4, -0.2) is 9.13 Å². The van der Waals surface area contributed by atoms with Crippen LogP contribution in [0.4, 0.5) is 0 Å². The first-order valence-corrected chi connectivity index (χ1v) is 14.6. The van der Waals surface area contributed by atoms with Gasteiger partial charge >= 0.3 is 0 Å². The number of nitrogens with zero attached hydrogens (tertiary/aromatic N) is 6. The van der Waals surface area contributed by atoms with E-state index < -0.39 is 0 Å². The fourth-order valence-corrected chi connectivity index (χ4v) is 6.66. The van der Waals surface area contributed by atoms with Gasteiger partial charge in [0, 0.05) is 27.2 Å². The second-order valence-corrected chi connectivity index (χ2v) is 11.1. The van der Waals surface area contributed by atoms with E-state index in [0.29, 0.717) is 27.9 Å². The van der Waals surface area contributed by atoms with Crippen molar-refractivity contribution < 1.29 is 0 Å². The van der Waals surface area contributed by atoms with E-state index >= 15 is 0 Å². The Bertz CT molecular complexity index is 2680. The zero-order valence-corrected chi connectivity index (χ0v) is 24.2. The van der Waals surface area contributed by atoms with Crippen molar-refractivity contribution in [1.82, 2.24) is 9.13 Å². The van der Waals surface area contributed by atoms with Gasteiger partial charge in [0.25, 0.3) is 0 Å². The van der Waals surface area contributed by atoms with Crippen molar-refractivity contribution in [3.05, 3.63) is 144 Å². The minimum atomic E-state index is 0.434. The lowest BCUT2D eigenvalue weighted by Gasteiger charge is -2.12. The molecule has 0 bridgehead atoms. The molecular weight excluding hydrogens is 564 g/mol. The van der Waals surface area contributed by atoms with Crippen molar-refractivity contribution in [3.8, 4) is 46.8 Å². The van der Waals surface area contributed by atoms with Crippen molar-refractivity contribution in [1.29, 1.82) is 21.0 Å². The molecule has 210 valence electrons. The second kappa shape index (κ2) is 10.3. The fraction of sp³-hybridized carbons (Fsp3) is 0. The number of fused-ring (bicyclic) bond motifs is 6. The van der Waals surface area contributed by atoms with Gasteiger partial charge in [-0.05, 0) is 77.9 Å². The maximum Gasteiger partial charge on any atom is 0.101 e. The summed E-state index contributed by atoms with van der Waals surface area (Å²) in [7, 11) is 0. The highest BCUT2D eigenvalue weighted by atomic mass is 15.0. The van der Waals surface area contributed by atoms with E-state index in [0.717, 1.165) is 60.4 Å². The summed E-state index contributed by atoms with van der Waals surface area (Å²) >= 11 is 0. The van der Waals surface area contributed by atoms with Gasteiger partial charge < -0.3 is 9.13 Å². The van der Waals surface area contributed by atoms with Gasteiger partial charge in [0.2, 0.25) is 0 Å². The average Bonchev–Trinajstić information content (AvgIpc) is 3.63. The van der Waals surface area contributed by atoms with E-state index in [1.807, 2.05) is 47.0 Å². The Morgan fingerprint density at radius 1 is 0.391 bits per heavy atom. The Morgan fingerprint density at radius 2 is 0.870 bits per heavy atom. The highest BCUT2D eigenvalue weighted by Crippen LogP contribution is 2.39. The summed E-state index contributed by atoms with van der Waals surface area (Å²) in [6.45, 7) is 0. The van der Waals surface area contributed by atoms with Gasteiger partial charge in [-0.3, -0.25) is 0 Å². The molecule has 0 spiro atoms. The summed E-state index contributed by atoms with van der Waals surface area (Å²) in [5.41, 5.74) is 8.94. The molecule has 0 atom stereocenters. The summed E-state index contributed by atoms with van der Waals surface area (Å²) < 4.78 is 4.12. The van der Waals surface area contributed by atoms with Gasteiger partial charge in [0.05, 0.1) is 62.1 Å². The van der Waals surface area contributed by atoms with Crippen LogP contribution < -0.4 is 0 Å². The third-order valence-electron chi connectivity index (χ3n) is 8.61. The van der Waals surface area contributed by atoms with Crippen molar-refractivity contribution >= 4 is 43.6 Å². The first-order chi connectivity index (χ1) is 22.6. The van der Waals surface area contributed by atoms with Crippen LogP contribution in [0.3, 0.4) is 0 Å². The minimum absolute atomic E-state index is 0.434. The molecule has 0 N–H and O–H groups in total. The van der Waals surface area contributed by atoms with Crippen LogP contribution in [0.2, 0.25) is 0 Å². The van der Waals surface area contributed by atoms with E-state index in [1.54, 1.807) is 24.3 Å². The van der Waals surface area contributed by atoms with Crippen molar-refractivity contribution in [2.75, 3.05) is 0 Å². The van der Waals surface area contributed by atoms with Crippen LogP contribution in [0.25, 0.3) is 66.1 Å². The normalized spacial score (nSPS) is 11.0. The molecule has 0 saturated carbocycles. The van der Waals surface area contributed by atoms with E-state index in [9.17, 15) is 21.0 Å². The quantitative estimate of drug-likeness (QED) is 0.207. The zero-order chi connectivity index (χ0) is 31.4. The zero-order valence-electron chi connectivity index (χ0n) is 24.2. The highest BCUT2D eigenvalue weighted by Gasteiger charge is 2.19. The largest absolute Gasteiger partial charge is 0.309 e. The third kappa shape index (κ3) is 3.86. The molecular formula is C40H20N6. The molecule has 2 aromatic heterocycles. The molecule has 0 amide bonds. The lowest BCUT2D eigenvalue weighted by Crippen LogP contribution is -2.01. The Balaban J connectivity index is 1.36. The number of hydrogen-bond acceptors (Lipinski definition) is 4. The summed E-state index contributed by atoms with van der Waals surface area (Å²) in [5, 5.41) is 43.3. The van der Waals surface area contributed by atoms with Crippen LogP contribution in [0.15, 0.2) is 121 Å². The maximum absolute atomic E-state index is 9.96. The van der Waals surface area contributed by atoms with Gasteiger partial charge in [-0.1, -0.05) is 54.6 Å². The molecule has 2 heterocycles. The third-order valence-corrected chi connectivity index (χ3v) is 8.61. The lowest BCUT2D eigenvalue weighted by molar-refractivity contribution is 1.15. The monoisotopic (exact) mass is 584 g/mol. The summed E-state index contributed by atoms with van der Waals surface area (Å²) in [5.74, 6) is 0. The summed E-state index contributed by atoms with van der Waals surface area (Å²) in [6, 6.07) is 48.3. The smallest absolute Gasteiger partial charge is 0.101 e. The SMILES string of the molecule is N#Cc1cc(C#N)cc(-n2c3ccccc3c3cc(-c4ccc5c(c4)c4ccccc4n5-c4c(C#N)cccc4C#N)ccc32)c1. The summed E-state index contributed by atoms with van der Waals surface area (Å²) in [4.78, 5) is 0. The molecule has 6 nitrogen and oxygen atoms in total. The van der Waals surface area contributed by atoms with Crippen molar-refractivity contribution in [3.63, 3.8) is 0 Å². The van der Waals surface area contributed by atoms with Gasteiger partial charge in [0.15, 0.2) is 0 Å². The van der Waals surface area contributed by atoms with Gasteiger partial charge in [-0.2, -0.15) is 21.0 Å². The van der Waals surface area contributed by atoms with Crippen LogP contribution in [0.5, 0.6) is 0 Å². The van der Waals surface area contributed by atoms with E-state index in [-0.39, 0.29) is 0 Å². The molecule has 46 heavy (non-hydrogen) atoms. The minimum Gasteiger partial charge on any atom is -0.309 e. The Labute approximate surface area is 263 Å². The molecule has 6 heteroatoms. The number of benzene rings is 6. The van der Waals surface area contributed by atoms with Crippen molar-refractivity contribution in [2.24, 2.45) is 0 Å². The molecule has 0 fully saturated rings. The van der Waals surface area contributed by atoms with Gasteiger partial charge in [0.1, 0.15) is 12.1 Å². The first kappa shape index (κ1) is 26.5. The van der Waals surface area contributed by atoms with E-state index in [4.69, 9.17) is 0 Å². The second-order valence-electron chi connectivity index (χ2n) is 11.1. The van der Waals surface area contributed by atoms with E-state index in [1.165, 1.54) is 0 Å². The average molecular weight is 585 g/mol.